The third kappa shape index (κ3) is 4.21. The van der Waals surface area contributed by atoms with Crippen molar-refractivity contribution < 1.29 is 18.0 Å². The maximum atomic E-state index is 12.5. The van der Waals surface area contributed by atoms with Crippen LogP contribution >= 0.6 is 0 Å². The van der Waals surface area contributed by atoms with Gasteiger partial charge in [-0.2, -0.15) is 0 Å². The molecule has 27 heavy (non-hydrogen) atoms. The van der Waals surface area contributed by atoms with E-state index in [4.69, 9.17) is 4.84 Å². The van der Waals surface area contributed by atoms with Gasteiger partial charge in [-0.25, -0.2) is 8.42 Å². The van der Waals surface area contributed by atoms with Crippen molar-refractivity contribution in [3.8, 4) is 0 Å². The van der Waals surface area contributed by atoms with Crippen LogP contribution in [0.25, 0.3) is 0 Å². The number of hydrogen-bond acceptors (Lipinski definition) is 4. The van der Waals surface area contributed by atoms with E-state index in [2.05, 4.69) is 23.5 Å². The highest BCUT2D eigenvalue weighted by atomic mass is 32.2. The fraction of sp³-hybridized carbons (Fsp3) is 0.350. The summed E-state index contributed by atoms with van der Waals surface area (Å²) in [4.78, 5) is 17.3. The molecule has 0 saturated heterocycles. The van der Waals surface area contributed by atoms with Crippen LogP contribution < -0.4 is 5.32 Å². The number of benzene rings is 2. The maximum absolute atomic E-state index is 12.5. The van der Waals surface area contributed by atoms with Crippen molar-refractivity contribution in [1.82, 2.24) is 9.79 Å². The van der Waals surface area contributed by atoms with Crippen LogP contribution in [-0.4, -0.2) is 39.5 Å². The molecule has 1 aliphatic carbocycles. The molecule has 0 aromatic heterocycles. The van der Waals surface area contributed by atoms with Crippen molar-refractivity contribution in [1.29, 1.82) is 0 Å². The van der Waals surface area contributed by atoms with Crippen LogP contribution in [0.1, 0.15) is 40.2 Å². The Bertz CT molecular complexity index is 910. The Balaban J connectivity index is 1.66. The van der Waals surface area contributed by atoms with Gasteiger partial charge in [-0.1, -0.05) is 28.7 Å². The number of hydroxylamine groups is 1. The molecule has 2 aromatic carbocycles. The van der Waals surface area contributed by atoms with E-state index >= 15 is 0 Å². The normalized spacial score (nSPS) is 16.8. The van der Waals surface area contributed by atoms with Gasteiger partial charge in [0.2, 0.25) is 0 Å². The minimum atomic E-state index is -3.71. The molecule has 0 spiro atoms. The molecule has 1 unspecified atom stereocenters. The van der Waals surface area contributed by atoms with E-state index in [1.54, 1.807) is 0 Å². The molecule has 3 rings (SSSR count). The average Bonchev–Trinajstić information content (AvgIpc) is 2.71. The summed E-state index contributed by atoms with van der Waals surface area (Å²) in [6.45, 7) is 0.572. The largest absolute Gasteiger partial charge is 0.351 e. The lowest BCUT2D eigenvalue weighted by Gasteiger charge is -2.25. The van der Waals surface area contributed by atoms with Gasteiger partial charge in [0.1, 0.15) is 0 Å². The molecule has 6 nitrogen and oxygen atoms in total. The first-order valence-corrected chi connectivity index (χ1v) is 10.4. The van der Waals surface area contributed by atoms with Crippen molar-refractivity contribution >= 4 is 15.9 Å². The molecule has 1 atom stereocenters. The second-order valence-electron chi connectivity index (χ2n) is 6.62. The van der Waals surface area contributed by atoms with Crippen LogP contribution in [0.3, 0.4) is 0 Å². The first-order chi connectivity index (χ1) is 12.9. The summed E-state index contributed by atoms with van der Waals surface area (Å²) >= 11 is 0. The SMILES string of the molecule is CON(C)S(=O)(=O)c1ccc(C(=O)NCC2CCCc3ccccc32)cc1. The highest BCUT2D eigenvalue weighted by Crippen LogP contribution is 2.30. The molecular formula is C20H24N2O4S. The molecule has 1 aliphatic rings. The van der Waals surface area contributed by atoms with Crippen LogP contribution in [0.15, 0.2) is 53.4 Å². The van der Waals surface area contributed by atoms with Gasteiger partial charge in [0.05, 0.1) is 12.0 Å². The average molecular weight is 388 g/mol. The first kappa shape index (κ1) is 19.5. The van der Waals surface area contributed by atoms with E-state index in [1.165, 1.54) is 49.5 Å². The van der Waals surface area contributed by atoms with Gasteiger partial charge in [-0.05, 0) is 54.7 Å². The van der Waals surface area contributed by atoms with Crippen molar-refractivity contribution in [2.24, 2.45) is 0 Å². The highest BCUT2D eigenvalue weighted by Gasteiger charge is 2.22. The fourth-order valence-corrected chi connectivity index (χ4v) is 4.38. The topological polar surface area (TPSA) is 75.7 Å². The Labute approximate surface area is 160 Å². The van der Waals surface area contributed by atoms with Gasteiger partial charge >= 0.3 is 0 Å². The number of fused-ring (bicyclic) bond motifs is 1. The van der Waals surface area contributed by atoms with E-state index in [0.29, 0.717) is 18.0 Å². The van der Waals surface area contributed by atoms with Gasteiger partial charge in [-0.3, -0.25) is 9.63 Å². The molecule has 0 fully saturated rings. The molecule has 0 aliphatic heterocycles. The summed E-state index contributed by atoms with van der Waals surface area (Å²) < 4.78 is 25.2. The Kier molecular flexibility index (Phi) is 5.94. The van der Waals surface area contributed by atoms with Crippen LogP contribution in [0.5, 0.6) is 0 Å². The standard InChI is InChI=1S/C20H24N2O4S/c1-22(26-2)27(24,25)18-12-10-16(11-13-18)20(23)21-14-17-8-5-7-15-6-3-4-9-19(15)17/h3-4,6,9-13,17H,5,7-8,14H2,1-2H3,(H,21,23). The molecule has 7 heteroatoms. The number of carbonyl (C=O) groups excluding carboxylic acids is 1. The lowest BCUT2D eigenvalue weighted by atomic mass is 9.83. The van der Waals surface area contributed by atoms with E-state index in [9.17, 15) is 13.2 Å². The van der Waals surface area contributed by atoms with Crippen molar-refractivity contribution in [2.75, 3.05) is 20.7 Å². The predicted molar refractivity (Wildman–Crippen MR) is 103 cm³/mol. The smallest absolute Gasteiger partial charge is 0.264 e. The minimum absolute atomic E-state index is 0.0737. The highest BCUT2D eigenvalue weighted by molar-refractivity contribution is 7.89. The van der Waals surface area contributed by atoms with E-state index in [1.807, 2.05) is 6.07 Å². The first-order valence-electron chi connectivity index (χ1n) is 8.92. The number of nitrogens with zero attached hydrogens (tertiary/aromatic N) is 1. The zero-order valence-corrected chi connectivity index (χ0v) is 16.3. The zero-order valence-electron chi connectivity index (χ0n) is 15.5. The lowest BCUT2D eigenvalue weighted by molar-refractivity contribution is -0.0258. The third-order valence-corrected chi connectivity index (χ3v) is 6.71. The summed E-state index contributed by atoms with van der Waals surface area (Å²) in [5.41, 5.74) is 3.10. The van der Waals surface area contributed by atoms with E-state index < -0.39 is 10.0 Å². The Morgan fingerprint density at radius 3 is 2.59 bits per heavy atom. The minimum Gasteiger partial charge on any atom is -0.351 e. The molecular weight excluding hydrogens is 364 g/mol. The number of hydrogen-bond donors (Lipinski definition) is 1. The van der Waals surface area contributed by atoms with Crippen LogP contribution in [0.4, 0.5) is 0 Å². The molecule has 0 bridgehead atoms. The van der Waals surface area contributed by atoms with Gasteiger partial charge in [-0.15, -0.1) is 0 Å². The third-order valence-electron chi connectivity index (χ3n) is 5.01. The van der Waals surface area contributed by atoms with Crippen LogP contribution in [-0.2, 0) is 21.3 Å². The number of nitrogens with one attached hydrogen (secondary N) is 1. The number of carbonyl (C=O) groups is 1. The van der Waals surface area contributed by atoms with Crippen LogP contribution in [0, 0.1) is 0 Å². The van der Waals surface area contributed by atoms with Gasteiger partial charge in [0.25, 0.3) is 15.9 Å². The molecule has 144 valence electrons. The molecule has 1 N–H and O–H groups in total. The number of rotatable bonds is 6. The van der Waals surface area contributed by atoms with Crippen molar-refractivity contribution in [3.63, 3.8) is 0 Å². The van der Waals surface area contributed by atoms with Gasteiger partial charge in [0.15, 0.2) is 0 Å². The quantitative estimate of drug-likeness (QED) is 0.772. The summed E-state index contributed by atoms with van der Waals surface area (Å²) in [6.07, 6.45) is 3.27. The Hall–Kier alpha value is -2.22. The number of sulfonamides is 1. The molecule has 1 amide bonds. The molecule has 0 radical (unpaired) electrons. The zero-order chi connectivity index (χ0) is 19.4. The molecule has 0 saturated carbocycles. The van der Waals surface area contributed by atoms with Gasteiger partial charge in [0, 0.05) is 25.1 Å². The second-order valence-corrected chi connectivity index (χ2v) is 8.56. The van der Waals surface area contributed by atoms with E-state index in [0.717, 1.165) is 23.7 Å². The number of aryl methyl sites for hydroxylation is 1. The van der Waals surface area contributed by atoms with Crippen molar-refractivity contribution in [2.45, 2.75) is 30.1 Å². The van der Waals surface area contributed by atoms with Crippen molar-refractivity contribution in [3.05, 3.63) is 65.2 Å². The summed E-state index contributed by atoms with van der Waals surface area (Å²) in [5, 5.41) is 2.98. The maximum Gasteiger partial charge on any atom is 0.264 e. The molecule has 2 aromatic rings. The van der Waals surface area contributed by atoms with Gasteiger partial charge < -0.3 is 5.32 Å². The summed E-state index contributed by atoms with van der Waals surface area (Å²) in [5.74, 6) is 0.107. The monoisotopic (exact) mass is 388 g/mol. The molecule has 0 heterocycles. The van der Waals surface area contributed by atoms with Crippen LogP contribution in [0.2, 0.25) is 0 Å². The Morgan fingerprint density at radius 1 is 1.19 bits per heavy atom. The number of amides is 1. The predicted octanol–water partition coefficient (Wildman–Crippen LogP) is 2.72. The lowest BCUT2D eigenvalue weighted by Crippen LogP contribution is -2.30. The van der Waals surface area contributed by atoms with E-state index in [-0.39, 0.29) is 10.8 Å². The summed E-state index contributed by atoms with van der Waals surface area (Å²) in [6, 6.07) is 14.2. The summed E-state index contributed by atoms with van der Waals surface area (Å²) in [7, 11) is -1.12. The fourth-order valence-electron chi connectivity index (χ4n) is 3.41. The second kappa shape index (κ2) is 8.21. The Morgan fingerprint density at radius 2 is 1.89 bits per heavy atom.